The molecule has 2 aromatic carbocycles. The van der Waals surface area contributed by atoms with Crippen LogP contribution in [-0.2, 0) is 14.3 Å². The Morgan fingerprint density at radius 2 is 1.68 bits per heavy atom. The van der Waals surface area contributed by atoms with Crippen molar-refractivity contribution in [3.05, 3.63) is 59.7 Å². The predicted octanol–water partition coefficient (Wildman–Crippen LogP) is 2.39. The van der Waals surface area contributed by atoms with Gasteiger partial charge < -0.3 is 20.1 Å². The first-order valence-electron chi connectivity index (χ1n) is 11.7. The van der Waals surface area contributed by atoms with Crippen molar-refractivity contribution < 1.29 is 24.2 Å². The topological polar surface area (TPSA) is 99.2 Å². The maximum atomic E-state index is 12.8. The molecule has 0 spiro atoms. The third-order valence-corrected chi connectivity index (χ3v) is 7.34. The van der Waals surface area contributed by atoms with E-state index in [0.717, 1.165) is 11.1 Å². The Balaban J connectivity index is 1.10. The van der Waals surface area contributed by atoms with Gasteiger partial charge in [-0.25, -0.2) is 4.79 Å². The number of aliphatic carboxylic acids is 1. The molecule has 3 aliphatic rings. The molecule has 3 atom stereocenters. The summed E-state index contributed by atoms with van der Waals surface area (Å²) in [4.78, 5) is 40.0. The van der Waals surface area contributed by atoms with Gasteiger partial charge in [0.05, 0.1) is 0 Å². The molecule has 8 heteroatoms. The maximum absolute atomic E-state index is 12.8. The van der Waals surface area contributed by atoms with Crippen LogP contribution in [0, 0.1) is 11.8 Å². The van der Waals surface area contributed by atoms with E-state index in [2.05, 4.69) is 29.6 Å². The number of rotatable bonds is 6. The van der Waals surface area contributed by atoms with E-state index in [0.29, 0.717) is 26.1 Å². The quantitative estimate of drug-likeness (QED) is 0.683. The highest BCUT2D eigenvalue weighted by atomic mass is 16.5. The van der Waals surface area contributed by atoms with Gasteiger partial charge >= 0.3 is 12.1 Å². The van der Waals surface area contributed by atoms with Crippen LogP contribution < -0.4 is 5.32 Å². The zero-order valence-corrected chi connectivity index (χ0v) is 19.1. The Morgan fingerprint density at radius 3 is 2.32 bits per heavy atom. The standard InChI is InChI=1S/C26H29N3O5/c1-28-10-11-29(14-23(28)25(31)32)24(30)21-12-16(21)13-27-26(33)34-15-22-19-8-4-2-6-17(19)18-7-3-5-9-20(18)22/h2-9,16,21-23H,10-15H2,1H3,(H,27,33)(H,31,32)/t16-,21-,23?/m0/s1. The Morgan fingerprint density at radius 1 is 1.03 bits per heavy atom. The minimum Gasteiger partial charge on any atom is -0.480 e. The van der Waals surface area contributed by atoms with Crippen LogP contribution in [0.4, 0.5) is 4.79 Å². The van der Waals surface area contributed by atoms with Gasteiger partial charge in [-0.1, -0.05) is 48.5 Å². The molecule has 2 aliphatic carbocycles. The summed E-state index contributed by atoms with van der Waals surface area (Å²) in [5.41, 5.74) is 4.69. The number of fused-ring (bicyclic) bond motifs is 3. The SMILES string of the molecule is CN1CCN(C(=O)[C@H]2C[C@H]2CNC(=O)OCC2c3ccccc3-c3ccccc32)CC1C(=O)O. The fraction of sp³-hybridized carbons (Fsp3) is 0.423. The fourth-order valence-corrected chi connectivity index (χ4v) is 5.21. The van der Waals surface area contributed by atoms with Gasteiger partial charge in [-0.3, -0.25) is 14.5 Å². The number of ether oxygens (including phenoxy) is 1. The van der Waals surface area contributed by atoms with Crippen LogP contribution in [0.2, 0.25) is 0 Å². The molecule has 1 saturated heterocycles. The molecule has 0 radical (unpaired) electrons. The summed E-state index contributed by atoms with van der Waals surface area (Å²) in [6.07, 6.45) is 0.220. The van der Waals surface area contributed by atoms with E-state index >= 15 is 0 Å². The van der Waals surface area contributed by atoms with Gasteiger partial charge in [0.2, 0.25) is 5.91 Å². The molecular weight excluding hydrogens is 434 g/mol. The Labute approximate surface area is 198 Å². The van der Waals surface area contributed by atoms with Crippen molar-refractivity contribution in [1.82, 2.24) is 15.1 Å². The number of alkyl carbamates (subject to hydrolysis) is 1. The molecule has 1 heterocycles. The summed E-state index contributed by atoms with van der Waals surface area (Å²) >= 11 is 0. The number of benzene rings is 2. The highest BCUT2D eigenvalue weighted by molar-refractivity contribution is 5.83. The van der Waals surface area contributed by atoms with Crippen molar-refractivity contribution in [2.75, 3.05) is 39.8 Å². The lowest BCUT2D eigenvalue weighted by molar-refractivity contribution is -0.148. The minimum absolute atomic E-state index is 0.00724. The van der Waals surface area contributed by atoms with Crippen molar-refractivity contribution in [2.24, 2.45) is 11.8 Å². The van der Waals surface area contributed by atoms with Crippen LogP contribution in [0.1, 0.15) is 23.5 Å². The van der Waals surface area contributed by atoms with Crippen molar-refractivity contribution >= 4 is 18.0 Å². The molecule has 1 saturated carbocycles. The van der Waals surface area contributed by atoms with Gasteiger partial charge in [-0.15, -0.1) is 0 Å². The normalized spacial score (nSPS) is 23.7. The number of carboxylic acids is 1. The Kier molecular flexibility index (Phi) is 6.00. The summed E-state index contributed by atoms with van der Waals surface area (Å²) < 4.78 is 5.57. The summed E-state index contributed by atoms with van der Waals surface area (Å²) in [6, 6.07) is 15.7. The van der Waals surface area contributed by atoms with E-state index in [1.54, 1.807) is 16.8 Å². The van der Waals surface area contributed by atoms with Gasteiger partial charge in [0.15, 0.2) is 0 Å². The van der Waals surface area contributed by atoms with E-state index in [1.165, 1.54) is 11.1 Å². The molecule has 8 nitrogen and oxygen atoms in total. The largest absolute Gasteiger partial charge is 0.480 e. The zero-order valence-electron chi connectivity index (χ0n) is 19.1. The number of piperazine rings is 1. The molecule has 34 heavy (non-hydrogen) atoms. The van der Waals surface area contributed by atoms with E-state index < -0.39 is 18.1 Å². The minimum atomic E-state index is -0.913. The monoisotopic (exact) mass is 463 g/mol. The second kappa shape index (κ2) is 9.10. The van der Waals surface area contributed by atoms with Crippen LogP contribution in [-0.4, -0.2) is 78.8 Å². The van der Waals surface area contributed by atoms with Crippen molar-refractivity contribution in [2.45, 2.75) is 18.4 Å². The average molecular weight is 464 g/mol. The highest BCUT2D eigenvalue weighted by Crippen LogP contribution is 2.44. The van der Waals surface area contributed by atoms with E-state index in [-0.39, 0.29) is 36.8 Å². The van der Waals surface area contributed by atoms with Crippen LogP contribution >= 0.6 is 0 Å². The highest BCUT2D eigenvalue weighted by Gasteiger charge is 2.46. The van der Waals surface area contributed by atoms with Crippen molar-refractivity contribution in [3.8, 4) is 11.1 Å². The second-order valence-electron chi connectivity index (χ2n) is 9.43. The molecule has 1 aliphatic heterocycles. The number of likely N-dealkylation sites (N-methyl/N-ethyl adjacent to an activating group) is 1. The fourth-order valence-electron chi connectivity index (χ4n) is 5.21. The smallest absolute Gasteiger partial charge is 0.407 e. The molecule has 178 valence electrons. The summed E-state index contributed by atoms with van der Waals surface area (Å²) in [5, 5.41) is 12.2. The molecule has 0 aromatic heterocycles. The van der Waals surface area contributed by atoms with E-state index in [4.69, 9.17) is 4.74 Å². The summed E-state index contributed by atoms with van der Waals surface area (Å²) in [6.45, 7) is 1.90. The number of hydrogen-bond acceptors (Lipinski definition) is 5. The molecule has 2 fully saturated rings. The van der Waals surface area contributed by atoms with Gasteiger partial charge in [0, 0.05) is 38.0 Å². The molecule has 2 aromatic rings. The first-order chi connectivity index (χ1) is 16.4. The van der Waals surface area contributed by atoms with Crippen LogP contribution in [0.25, 0.3) is 11.1 Å². The number of amides is 2. The lowest BCUT2D eigenvalue weighted by Gasteiger charge is -2.37. The number of nitrogens with one attached hydrogen (secondary N) is 1. The molecule has 2 N–H and O–H groups in total. The molecule has 5 rings (SSSR count). The Hall–Kier alpha value is -3.39. The number of carbonyl (C=O) groups excluding carboxylic acids is 2. The zero-order chi connectivity index (χ0) is 23.8. The number of hydrogen-bond donors (Lipinski definition) is 2. The van der Waals surface area contributed by atoms with Crippen LogP contribution in [0.3, 0.4) is 0 Å². The summed E-state index contributed by atoms with van der Waals surface area (Å²) in [7, 11) is 1.76. The molecule has 1 unspecified atom stereocenters. The maximum Gasteiger partial charge on any atom is 0.407 e. The van der Waals surface area contributed by atoms with Crippen molar-refractivity contribution in [3.63, 3.8) is 0 Å². The summed E-state index contributed by atoms with van der Waals surface area (Å²) in [5.74, 6) is -1.02. The third kappa shape index (κ3) is 4.25. The van der Waals surface area contributed by atoms with Gasteiger partial charge in [-0.05, 0) is 41.6 Å². The number of carboxylic acid groups (broad SMARTS) is 1. The molecule has 2 amide bonds. The van der Waals surface area contributed by atoms with Crippen molar-refractivity contribution in [1.29, 1.82) is 0 Å². The van der Waals surface area contributed by atoms with Gasteiger partial charge in [0.1, 0.15) is 12.6 Å². The Bertz CT molecular complexity index is 1070. The van der Waals surface area contributed by atoms with Crippen LogP contribution in [0.15, 0.2) is 48.5 Å². The van der Waals surface area contributed by atoms with Crippen LogP contribution in [0.5, 0.6) is 0 Å². The predicted molar refractivity (Wildman–Crippen MR) is 125 cm³/mol. The first-order valence-corrected chi connectivity index (χ1v) is 11.7. The van der Waals surface area contributed by atoms with E-state index in [1.807, 2.05) is 24.3 Å². The van der Waals surface area contributed by atoms with Gasteiger partial charge in [-0.2, -0.15) is 0 Å². The first kappa shape index (κ1) is 22.4. The van der Waals surface area contributed by atoms with E-state index in [9.17, 15) is 19.5 Å². The third-order valence-electron chi connectivity index (χ3n) is 7.34. The number of carbonyl (C=O) groups is 3. The lowest BCUT2D eigenvalue weighted by atomic mass is 9.98. The lowest BCUT2D eigenvalue weighted by Crippen LogP contribution is -2.56. The molecular formula is C26H29N3O5. The average Bonchev–Trinajstić information content (AvgIpc) is 3.56. The van der Waals surface area contributed by atoms with Gasteiger partial charge in [0.25, 0.3) is 0 Å². The molecule has 0 bridgehead atoms. The second-order valence-corrected chi connectivity index (χ2v) is 9.43. The number of nitrogens with zero attached hydrogens (tertiary/aromatic N) is 2.